The maximum atomic E-state index is 13.0. The summed E-state index contributed by atoms with van der Waals surface area (Å²) in [5.41, 5.74) is 1.33. The summed E-state index contributed by atoms with van der Waals surface area (Å²) in [6.45, 7) is 1.75. The number of aliphatic hydroxyl groups excluding tert-OH is 1. The van der Waals surface area contributed by atoms with Gasteiger partial charge in [-0.3, -0.25) is 0 Å². The highest BCUT2D eigenvalue weighted by Gasteiger charge is 2.16. The van der Waals surface area contributed by atoms with E-state index < -0.39 is 12.1 Å². The van der Waals surface area contributed by atoms with Crippen molar-refractivity contribution in [1.29, 1.82) is 0 Å². The zero-order chi connectivity index (χ0) is 11.4. The molecule has 0 saturated heterocycles. The lowest BCUT2D eigenvalue weighted by Crippen LogP contribution is -2.24. The van der Waals surface area contributed by atoms with Crippen molar-refractivity contribution in [2.75, 3.05) is 7.11 Å². The van der Waals surface area contributed by atoms with Crippen molar-refractivity contribution in [3.05, 3.63) is 35.1 Å². The molecule has 15 heavy (non-hydrogen) atoms. The second kappa shape index (κ2) is 4.89. The molecule has 0 aliphatic heterocycles. The van der Waals surface area contributed by atoms with E-state index in [2.05, 4.69) is 4.74 Å². The Labute approximate surface area is 87.5 Å². The van der Waals surface area contributed by atoms with Gasteiger partial charge in [0.2, 0.25) is 0 Å². The standard InChI is InChI=1S/C11H13FO3/c1-7-3-8(5-9(12)4-7)6-10(13)11(14)15-2/h3-5,10,13H,6H2,1-2H3. The third-order valence-corrected chi connectivity index (χ3v) is 2.00. The average Bonchev–Trinajstić information content (AvgIpc) is 2.14. The van der Waals surface area contributed by atoms with Crippen LogP contribution in [0.2, 0.25) is 0 Å². The average molecular weight is 212 g/mol. The van der Waals surface area contributed by atoms with E-state index in [1.54, 1.807) is 13.0 Å². The van der Waals surface area contributed by atoms with Crippen molar-refractivity contribution in [3.63, 3.8) is 0 Å². The number of hydrogen-bond acceptors (Lipinski definition) is 3. The smallest absolute Gasteiger partial charge is 0.335 e. The monoisotopic (exact) mass is 212 g/mol. The van der Waals surface area contributed by atoms with Gasteiger partial charge in [0.15, 0.2) is 6.10 Å². The number of ether oxygens (including phenoxy) is 1. The number of rotatable bonds is 3. The molecule has 1 aromatic rings. The number of aliphatic hydroxyl groups is 1. The molecule has 1 atom stereocenters. The van der Waals surface area contributed by atoms with Crippen molar-refractivity contribution in [1.82, 2.24) is 0 Å². The number of hydrogen-bond donors (Lipinski definition) is 1. The number of esters is 1. The molecule has 3 nitrogen and oxygen atoms in total. The predicted molar refractivity (Wildman–Crippen MR) is 52.9 cm³/mol. The molecule has 1 unspecified atom stereocenters. The minimum Gasteiger partial charge on any atom is -0.467 e. The molecule has 0 aromatic heterocycles. The molecule has 4 heteroatoms. The number of methoxy groups -OCH3 is 1. The van der Waals surface area contributed by atoms with E-state index >= 15 is 0 Å². The highest BCUT2D eigenvalue weighted by Crippen LogP contribution is 2.10. The number of carbonyl (C=O) groups is 1. The van der Waals surface area contributed by atoms with E-state index in [0.29, 0.717) is 5.56 Å². The van der Waals surface area contributed by atoms with Crippen molar-refractivity contribution in [2.24, 2.45) is 0 Å². The molecule has 0 heterocycles. The van der Waals surface area contributed by atoms with Gasteiger partial charge in [0, 0.05) is 6.42 Å². The minimum atomic E-state index is -1.24. The van der Waals surface area contributed by atoms with E-state index in [4.69, 9.17) is 0 Å². The van der Waals surface area contributed by atoms with E-state index in [1.807, 2.05) is 0 Å². The Morgan fingerprint density at radius 3 is 2.73 bits per heavy atom. The van der Waals surface area contributed by atoms with Gasteiger partial charge in [-0.05, 0) is 30.2 Å². The van der Waals surface area contributed by atoms with Crippen LogP contribution in [-0.2, 0) is 16.0 Å². The summed E-state index contributed by atoms with van der Waals surface area (Å²) >= 11 is 0. The van der Waals surface area contributed by atoms with Crippen LogP contribution in [0, 0.1) is 12.7 Å². The zero-order valence-corrected chi connectivity index (χ0v) is 8.66. The topological polar surface area (TPSA) is 46.5 Å². The van der Waals surface area contributed by atoms with E-state index in [9.17, 15) is 14.3 Å². The number of carbonyl (C=O) groups excluding carboxylic acids is 1. The van der Waals surface area contributed by atoms with Crippen LogP contribution in [0.15, 0.2) is 18.2 Å². The molecule has 0 spiro atoms. The molecule has 82 valence electrons. The second-order valence-corrected chi connectivity index (χ2v) is 3.38. The van der Waals surface area contributed by atoms with Crippen LogP contribution in [0.1, 0.15) is 11.1 Å². The van der Waals surface area contributed by atoms with Crippen LogP contribution in [0.3, 0.4) is 0 Å². The van der Waals surface area contributed by atoms with E-state index in [0.717, 1.165) is 5.56 Å². The van der Waals surface area contributed by atoms with Gasteiger partial charge in [0.25, 0.3) is 0 Å². The molecular formula is C11H13FO3. The number of aryl methyl sites for hydroxylation is 1. The number of halogens is 1. The molecule has 0 radical (unpaired) electrons. The molecule has 1 N–H and O–H groups in total. The molecule has 0 bridgehead atoms. The summed E-state index contributed by atoms with van der Waals surface area (Å²) in [5, 5.41) is 9.36. The first kappa shape index (κ1) is 11.7. The Hall–Kier alpha value is -1.42. The van der Waals surface area contributed by atoms with Gasteiger partial charge < -0.3 is 9.84 Å². The van der Waals surface area contributed by atoms with Gasteiger partial charge in [0.1, 0.15) is 5.82 Å². The first-order chi connectivity index (χ1) is 7.02. The maximum Gasteiger partial charge on any atom is 0.335 e. The molecule has 1 rings (SSSR count). The van der Waals surface area contributed by atoms with Crippen LogP contribution < -0.4 is 0 Å². The molecular weight excluding hydrogens is 199 g/mol. The van der Waals surface area contributed by atoms with Crippen LogP contribution in [0.4, 0.5) is 4.39 Å². The van der Waals surface area contributed by atoms with Gasteiger partial charge >= 0.3 is 5.97 Å². The third-order valence-electron chi connectivity index (χ3n) is 2.00. The summed E-state index contributed by atoms with van der Waals surface area (Å²) in [4.78, 5) is 10.9. The largest absolute Gasteiger partial charge is 0.467 e. The van der Waals surface area contributed by atoms with Crippen LogP contribution in [-0.4, -0.2) is 24.3 Å². The van der Waals surface area contributed by atoms with Crippen molar-refractivity contribution < 1.29 is 19.0 Å². The van der Waals surface area contributed by atoms with Crippen molar-refractivity contribution >= 4 is 5.97 Å². The third kappa shape index (κ3) is 3.32. The lowest BCUT2D eigenvalue weighted by molar-refractivity contribution is -0.150. The SMILES string of the molecule is COC(=O)C(O)Cc1cc(C)cc(F)c1. The fourth-order valence-corrected chi connectivity index (χ4v) is 1.37. The Balaban J connectivity index is 2.76. The summed E-state index contributed by atoms with van der Waals surface area (Å²) in [7, 11) is 1.20. The first-order valence-corrected chi connectivity index (χ1v) is 4.55. The first-order valence-electron chi connectivity index (χ1n) is 4.55. The Bertz CT molecular complexity index is 343. The van der Waals surface area contributed by atoms with Crippen LogP contribution in [0.5, 0.6) is 0 Å². The molecule has 0 saturated carbocycles. The summed E-state index contributed by atoms with van der Waals surface area (Å²) in [6.07, 6.45) is -1.18. The fourth-order valence-electron chi connectivity index (χ4n) is 1.37. The Morgan fingerprint density at radius 1 is 1.53 bits per heavy atom. The fraction of sp³-hybridized carbons (Fsp3) is 0.364. The molecule has 0 aliphatic carbocycles. The molecule has 0 amide bonds. The summed E-state index contributed by atoms with van der Waals surface area (Å²) in [5.74, 6) is -1.08. The molecule has 0 aliphatic rings. The van der Waals surface area contributed by atoms with Crippen LogP contribution >= 0.6 is 0 Å². The van der Waals surface area contributed by atoms with Crippen molar-refractivity contribution in [3.8, 4) is 0 Å². The van der Waals surface area contributed by atoms with E-state index in [1.165, 1.54) is 19.2 Å². The van der Waals surface area contributed by atoms with Gasteiger partial charge in [0.05, 0.1) is 7.11 Å². The Kier molecular flexibility index (Phi) is 3.80. The van der Waals surface area contributed by atoms with Gasteiger partial charge in [-0.2, -0.15) is 0 Å². The lowest BCUT2D eigenvalue weighted by atomic mass is 10.1. The van der Waals surface area contributed by atoms with Gasteiger partial charge in [-0.15, -0.1) is 0 Å². The summed E-state index contributed by atoms with van der Waals surface area (Å²) in [6, 6.07) is 4.39. The van der Waals surface area contributed by atoms with E-state index in [-0.39, 0.29) is 12.2 Å². The lowest BCUT2D eigenvalue weighted by Gasteiger charge is -2.08. The quantitative estimate of drug-likeness (QED) is 0.766. The second-order valence-electron chi connectivity index (χ2n) is 3.38. The van der Waals surface area contributed by atoms with Crippen molar-refractivity contribution in [2.45, 2.75) is 19.4 Å². The Morgan fingerprint density at radius 2 is 2.20 bits per heavy atom. The number of benzene rings is 1. The normalized spacial score (nSPS) is 12.3. The van der Waals surface area contributed by atoms with Gasteiger partial charge in [-0.1, -0.05) is 6.07 Å². The molecule has 1 aromatic carbocycles. The molecule has 0 fully saturated rings. The maximum absolute atomic E-state index is 13.0. The van der Waals surface area contributed by atoms with Crippen LogP contribution in [0.25, 0.3) is 0 Å². The summed E-state index contributed by atoms with van der Waals surface area (Å²) < 4.78 is 17.3. The zero-order valence-electron chi connectivity index (χ0n) is 8.66. The predicted octanol–water partition coefficient (Wildman–Crippen LogP) is 1.21. The minimum absolute atomic E-state index is 0.0608. The van der Waals surface area contributed by atoms with Gasteiger partial charge in [-0.25, -0.2) is 9.18 Å². The highest BCUT2D eigenvalue weighted by atomic mass is 19.1. The highest BCUT2D eigenvalue weighted by molar-refractivity contribution is 5.74.